The number of likely N-dealkylation sites (tertiary alicyclic amines) is 1. The monoisotopic (exact) mass is 266 g/mol. The molecule has 1 fully saturated rings. The molecule has 0 bridgehead atoms. The van der Waals surface area contributed by atoms with Crippen molar-refractivity contribution in [1.29, 1.82) is 0 Å². The number of nitrogen functional groups attached to an aromatic ring is 1. The van der Waals surface area contributed by atoms with Crippen molar-refractivity contribution >= 4 is 11.9 Å². The standard InChI is InChI=1S/C12H22N6O/c1-3-6-18-7-4-9(5-8-18)17(2)11(19)10-14-12(13)16-15-10/h9H,3-8H2,1-2H3,(H3,13,14,15,16). The number of nitrogens with one attached hydrogen (secondary N) is 1. The largest absolute Gasteiger partial charge is 0.366 e. The molecule has 0 spiro atoms. The highest BCUT2D eigenvalue weighted by molar-refractivity contribution is 5.90. The first-order chi connectivity index (χ1) is 9.11. The summed E-state index contributed by atoms with van der Waals surface area (Å²) in [6.07, 6.45) is 3.19. The second-order valence-electron chi connectivity index (χ2n) is 5.03. The predicted molar refractivity (Wildman–Crippen MR) is 72.6 cm³/mol. The zero-order chi connectivity index (χ0) is 13.8. The summed E-state index contributed by atoms with van der Waals surface area (Å²) >= 11 is 0. The minimum Gasteiger partial charge on any atom is -0.366 e. The topological polar surface area (TPSA) is 91.1 Å². The van der Waals surface area contributed by atoms with Crippen LogP contribution in [0, 0.1) is 0 Å². The predicted octanol–water partition coefficient (Wildman–Crippen LogP) is 0.333. The van der Waals surface area contributed by atoms with Crippen LogP contribution in [0.15, 0.2) is 0 Å². The van der Waals surface area contributed by atoms with Gasteiger partial charge in [-0.05, 0) is 25.8 Å². The highest BCUT2D eigenvalue weighted by Gasteiger charge is 2.27. The number of hydrogen-bond acceptors (Lipinski definition) is 5. The summed E-state index contributed by atoms with van der Waals surface area (Å²) in [5.41, 5.74) is 5.42. The van der Waals surface area contributed by atoms with Crippen molar-refractivity contribution < 1.29 is 4.79 Å². The van der Waals surface area contributed by atoms with Gasteiger partial charge in [-0.2, -0.15) is 4.98 Å². The third-order valence-corrected chi connectivity index (χ3v) is 3.67. The van der Waals surface area contributed by atoms with Gasteiger partial charge in [0.1, 0.15) is 0 Å². The summed E-state index contributed by atoms with van der Waals surface area (Å²) in [5.74, 6) is 0.184. The Morgan fingerprint density at radius 1 is 1.53 bits per heavy atom. The van der Waals surface area contributed by atoms with E-state index in [0.29, 0.717) is 0 Å². The Labute approximate surface area is 113 Å². The van der Waals surface area contributed by atoms with Crippen LogP contribution in [0.4, 0.5) is 5.95 Å². The Kier molecular flexibility index (Phi) is 4.36. The number of aromatic nitrogens is 3. The van der Waals surface area contributed by atoms with Gasteiger partial charge in [0.25, 0.3) is 5.91 Å². The van der Waals surface area contributed by atoms with E-state index in [1.807, 2.05) is 7.05 Å². The molecule has 7 heteroatoms. The molecule has 1 aliphatic rings. The molecule has 2 heterocycles. The molecule has 1 aromatic heterocycles. The Morgan fingerprint density at radius 2 is 2.21 bits per heavy atom. The van der Waals surface area contributed by atoms with Crippen molar-refractivity contribution in [2.45, 2.75) is 32.2 Å². The lowest BCUT2D eigenvalue weighted by atomic mass is 10.0. The zero-order valence-electron chi connectivity index (χ0n) is 11.6. The van der Waals surface area contributed by atoms with E-state index in [4.69, 9.17) is 5.73 Å². The number of nitrogens with two attached hydrogens (primary N) is 1. The van der Waals surface area contributed by atoms with Crippen molar-refractivity contribution in [3.63, 3.8) is 0 Å². The van der Waals surface area contributed by atoms with Gasteiger partial charge in [-0.1, -0.05) is 6.92 Å². The van der Waals surface area contributed by atoms with Crippen LogP contribution >= 0.6 is 0 Å². The molecule has 0 atom stereocenters. The van der Waals surface area contributed by atoms with Crippen molar-refractivity contribution in [3.05, 3.63) is 5.82 Å². The third kappa shape index (κ3) is 3.23. The summed E-state index contributed by atoms with van der Waals surface area (Å²) in [6, 6.07) is 0.270. The SMILES string of the molecule is CCCN1CCC(N(C)C(=O)c2nc(N)n[nH]2)CC1. The maximum atomic E-state index is 12.2. The van der Waals surface area contributed by atoms with Crippen LogP contribution in [0.2, 0.25) is 0 Å². The molecule has 1 amide bonds. The van der Waals surface area contributed by atoms with Crippen LogP contribution in [-0.4, -0.2) is 63.6 Å². The highest BCUT2D eigenvalue weighted by atomic mass is 16.2. The second-order valence-corrected chi connectivity index (χ2v) is 5.03. The van der Waals surface area contributed by atoms with Gasteiger partial charge >= 0.3 is 0 Å². The van der Waals surface area contributed by atoms with Gasteiger partial charge < -0.3 is 15.5 Å². The maximum Gasteiger partial charge on any atom is 0.291 e. The molecule has 0 aliphatic carbocycles. The molecule has 0 aromatic carbocycles. The van der Waals surface area contributed by atoms with Gasteiger partial charge in [-0.15, -0.1) is 5.10 Å². The average Bonchev–Trinajstić information content (AvgIpc) is 2.85. The molecule has 0 unspecified atom stereocenters. The number of piperidine rings is 1. The quantitative estimate of drug-likeness (QED) is 0.819. The lowest BCUT2D eigenvalue weighted by Gasteiger charge is -2.36. The molecule has 19 heavy (non-hydrogen) atoms. The van der Waals surface area contributed by atoms with Crippen molar-refractivity contribution in [3.8, 4) is 0 Å². The van der Waals surface area contributed by atoms with Crippen LogP contribution in [0.1, 0.15) is 36.8 Å². The van der Waals surface area contributed by atoms with Crippen LogP contribution in [-0.2, 0) is 0 Å². The molecule has 7 nitrogen and oxygen atoms in total. The fourth-order valence-electron chi connectivity index (χ4n) is 2.55. The van der Waals surface area contributed by atoms with E-state index < -0.39 is 0 Å². The van der Waals surface area contributed by atoms with E-state index in [1.165, 1.54) is 6.42 Å². The third-order valence-electron chi connectivity index (χ3n) is 3.67. The number of amides is 1. The molecule has 1 aliphatic heterocycles. The smallest absolute Gasteiger partial charge is 0.291 e. The Bertz CT molecular complexity index is 424. The molecule has 3 N–H and O–H groups in total. The summed E-state index contributed by atoms with van der Waals surface area (Å²) in [7, 11) is 1.82. The molecular formula is C12H22N6O. The van der Waals surface area contributed by atoms with E-state index in [1.54, 1.807) is 4.90 Å². The van der Waals surface area contributed by atoms with Crippen molar-refractivity contribution in [1.82, 2.24) is 25.0 Å². The molecule has 106 valence electrons. The van der Waals surface area contributed by atoms with Gasteiger partial charge in [0, 0.05) is 26.2 Å². The first kappa shape index (κ1) is 13.8. The molecule has 2 rings (SSSR count). The maximum absolute atomic E-state index is 12.2. The number of nitrogens with zero attached hydrogens (tertiary/aromatic N) is 4. The number of hydrogen-bond donors (Lipinski definition) is 2. The van der Waals surface area contributed by atoms with Crippen molar-refractivity contribution in [2.75, 3.05) is 32.4 Å². The number of aromatic amines is 1. The second kappa shape index (κ2) is 6.01. The summed E-state index contributed by atoms with van der Waals surface area (Å²) in [5, 5.41) is 6.25. The van der Waals surface area contributed by atoms with Crippen LogP contribution in [0.25, 0.3) is 0 Å². The van der Waals surface area contributed by atoms with Crippen LogP contribution in [0.3, 0.4) is 0 Å². The molecule has 0 radical (unpaired) electrons. The fraction of sp³-hybridized carbons (Fsp3) is 0.750. The molecule has 1 saturated heterocycles. The number of carbonyl (C=O) groups excluding carboxylic acids is 1. The minimum atomic E-state index is -0.141. The normalized spacial score (nSPS) is 17.6. The molecular weight excluding hydrogens is 244 g/mol. The van der Waals surface area contributed by atoms with Gasteiger partial charge in [-0.25, -0.2) is 0 Å². The molecule has 1 aromatic rings. The van der Waals surface area contributed by atoms with E-state index in [-0.39, 0.29) is 23.7 Å². The minimum absolute atomic E-state index is 0.106. The van der Waals surface area contributed by atoms with Gasteiger partial charge in [0.2, 0.25) is 11.8 Å². The van der Waals surface area contributed by atoms with Gasteiger partial charge in [0.05, 0.1) is 0 Å². The summed E-state index contributed by atoms with van der Waals surface area (Å²) in [6.45, 7) is 5.43. The Hall–Kier alpha value is -1.63. The van der Waals surface area contributed by atoms with Crippen LogP contribution in [0.5, 0.6) is 0 Å². The average molecular weight is 266 g/mol. The first-order valence-corrected chi connectivity index (χ1v) is 6.79. The van der Waals surface area contributed by atoms with Crippen molar-refractivity contribution in [2.24, 2.45) is 0 Å². The van der Waals surface area contributed by atoms with Crippen LogP contribution < -0.4 is 5.73 Å². The lowest BCUT2D eigenvalue weighted by Crippen LogP contribution is -2.46. The number of anilines is 1. The van der Waals surface area contributed by atoms with Gasteiger partial charge in [-0.3, -0.25) is 9.89 Å². The Morgan fingerprint density at radius 3 is 2.74 bits per heavy atom. The molecule has 0 saturated carbocycles. The number of H-pyrrole nitrogens is 1. The Balaban J connectivity index is 1.90. The highest BCUT2D eigenvalue weighted by Crippen LogP contribution is 2.17. The number of carbonyl (C=O) groups is 1. The van der Waals surface area contributed by atoms with Gasteiger partial charge in [0.15, 0.2) is 0 Å². The van der Waals surface area contributed by atoms with E-state index in [2.05, 4.69) is 27.0 Å². The fourth-order valence-corrected chi connectivity index (χ4v) is 2.55. The zero-order valence-corrected chi connectivity index (χ0v) is 11.6. The van der Waals surface area contributed by atoms with E-state index in [0.717, 1.165) is 32.5 Å². The lowest BCUT2D eigenvalue weighted by molar-refractivity contribution is 0.0631. The first-order valence-electron chi connectivity index (χ1n) is 6.79. The number of rotatable bonds is 4. The summed E-state index contributed by atoms with van der Waals surface area (Å²) < 4.78 is 0. The summed E-state index contributed by atoms with van der Waals surface area (Å²) in [4.78, 5) is 20.3. The van der Waals surface area contributed by atoms with E-state index in [9.17, 15) is 4.79 Å². The van der Waals surface area contributed by atoms with E-state index >= 15 is 0 Å².